The summed E-state index contributed by atoms with van der Waals surface area (Å²) in [6.07, 6.45) is 3.22. The van der Waals surface area contributed by atoms with E-state index < -0.39 is 5.41 Å². The van der Waals surface area contributed by atoms with Crippen molar-refractivity contribution in [1.82, 2.24) is 5.32 Å². The van der Waals surface area contributed by atoms with Gasteiger partial charge in [0.1, 0.15) is 24.6 Å². The van der Waals surface area contributed by atoms with Gasteiger partial charge in [-0.1, -0.05) is 37.1 Å². The molecule has 1 aliphatic carbocycles. The Hall–Kier alpha value is -3.48. The van der Waals surface area contributed by atoms with Crippen LogP contribution in [0.25, 0.3) is 11.0 Å². The highest BCUT2D eigenvalue weighted by molar-refractivity contribution is 5.87. The molecule has 7 heteroatoms. The number of carbonyl (C=O) groups is 2. The van der Waals surface area contributed by atoms with Gasteiger partial charge in [-0.05, 0) is 49.6 Å². The standard InChI is InChI=1S/C26H27NO6/c1-17(22-14-18-6-2-3-7-20(18)33-22)27-24(28)16-32-25(29)26(10-4-5-11-26)19-8-9-21-23(15-19)31-13-12-30-21/h2-3,6-9,14-15,17H,4-5,10-13,16H2,1H3,(H,27,28). The van der Waals surface area contributed by atoms with Crippen molar-refractivity contribution >= 4 is 22.8 Å². The van der Waals surface area contributed by atoms with Crippen molar-refractivity contribution in [1.29, 1.82) is 0 Å². The van der Waals surface area contributed by atoms with Crippen LogP contribution in [0.2, 0.25) is 0 Å². The van der Waals surface area contributed by atoms with Gasteiger partial charge in [0.05, 0.1) is 11.5 Å². The number of hydrogen-bond donors (Lipinski definition) is 1. The number of rotatable bonds is 6. The van der Waals surface area contributed by atoms with Crippen molar-refractivity contribution in [2.75, 3.05) is 19.8 Å². The molecule has 5 rings (SSSR count). The van der Waals surface area contributed by atoms with E-state index in [-0.39, 0.29) is 24.5 Å². The van der Waals surface area contributed by atoms with Crippen molar-refractivity contribution in [3.05, 3.63) is 59.9 Å². The molecular weight excluding hydrogens is 422 g/mol. The molecule has 1 aromatic heterocycles. The van der Waals surface area contributed by atoms with E-state index in [0.29, 0.717) is 43.3 Å². The Bertz CT molecular complexity index is 1140. The van der Waals surface area contributed by atoms with Crippen molar-refractivity contribution in [3.8, 4) is 11.5 Å². The Balaban J connectivity index is 1.24. The number of esters is 1. The van der Waals surface area contributed by atoms with Gasteiger partial charge in [-0.15, -0.1) is 0 Å². The molecule has 3 aromatic rings. The zero-order valence-electron chi connectivity index (χ0n) is 18.6. The normalized spacial score (nSPS) is 17.5. The van der Waals surface area contributed by atoms with Gasteiger partial charge in [0.2, 0.25) is 0 Å². The number of amides is 1. The third-order valence-corrected chi connectivity index (χ3v) is 6.53. The Labute approximate surface area is 192 Å². The van der Waals surface area contributed by atoms with Gasteiger partial charge >= 0.3 is 5.97 Å². The quantitative estimate of drug-likeness (QED) is 0.560. The number of hydrogen-bond acceptors (Lipinski definition) is 6. The number of ether oxygens (including phenoxy) is 3. The van der Waals surface area contributed by atoms with Crippen LogP contribution < -0.4 is 14.8 Å². The van der Waals surface area contributed by atoms with Crippen molar-refractivity contribution in [2.45, 2.75) is 44.1 Å². The first-order valence-corrected chi connectivity index (χ1v) is 11.4. The number of benzene rings is 2. The Morgan fingerprint density at radius 2 is 1.79 bits per heavy atom. The van der Waals surface area contributed by atoms with E-state index in [1.165, 1.54) is 0 Å². The van der Waals surface area contributed by atoms with Crippen LogP contribution in [0.5, 0.6) is 11.5 Å². The fourth-order valence-corrected chi connectivity index (χ4v) is 4.77. The predicted molar refractivity (Wildman–Crippen MR) is 121 cm³/mol. The lowest BCUT2D eigenvalue weighted by Crippen LogP contribution is -2.38. The predicted octanol–water partition coefficient (Wildman–Crippen LogP) is 4.44. The largest absolute Gasteiger partial charge is 0.486 e. The summed E-state index contributed by atoms with van der Waals surface area (Å²) in [6, 6.07) is 14.9. The maximum absolute atomic E-state index is 13.2. The summed E-state index contributed by atoms with van der Waals surface area (Å²) < 4.78 is 22.7. The van der Waals surface area contributed by atoms with Gasteiger partial charge in [0.15, 0.2) is 18.1 Å². The smallest absolute Gasteiger partial charge is 0.317 e. The maximum atomic E-state index is 13.2. The van der Waals surface area contributed by atoms with Crippen LogP contribution in [0, 0.1) is 0 Å². The first-order chi connectivity index (χ1) is 16.0. The Morgan fingerprint density at radius 3 is 2.58 bits per heavy atom. The molecule has 1 aliphatic heterocycles. The first-order valence-electron chi connectivity index (χ1n) is 11.4. The number of nitrogens with one attached hydrogen (secondary N) is 1. The number of para-hydroxylation sites is 1. The second-order valence-electron chi connectivity index (χ2n) is 8.70. The van der Waals surface area contributed by atoms with Gasteiger partial charge in [-0.25, -0.2) is 0 Å². The highest BCUT2D eigenvalue weighted by Gasteiger charge is 2.45. The summed E-state index contributed by atoms with van der Waals surface area (Å²) in [5, 5.41) is 3.82. The third-order valence-electron chi connectivity index (χ3n) is 6.53. The van der Waals surface area contributed by atoms with Crippen LogP contribution >= 0.6 is 0 Å². The highest BCUT2D eigenvalue weighted by Crippen LogP contribution is 2.45. The van der Waals surface area contributed by atoms with Gasteiger partial charge in [-0.2, -0.15) is 0 Å². The summed E-state index contributed by atoms with van der Waals surface area (Å²) in [5.74, 6) is 1.25. The zero-order valence-corrected chi connectivity index (χ0v) is 18.6. The van der Waals surface area contributed by atoms with Crippen LogP contribution in [0.15, 0.2) is 52.9 Å². The second kappa shape index (κ2) is 8.81. The molecule has 7 nitrogen and oxygen atoms in total. The molecular formula is C26H27NO6. The van der Waals surface area contributed by atoms with Crippen molar-refractivity contribution in [3.63, 3.8) is 0 Å². The maximum Gasteiger partial charge on any atom is 0.317 e. The average Bonchev–Trinajstić information content (AvgIpc) is 3.50. The first kappa shape index (κ1) is 21.4. The molecule has 1 N–H and O–H groups in total. The molecule has 1 unspecified atom stereocenters. The third kappa shape index (κ3) is 4.15. The van der Waals surface area contributed by atoms with Crippen LogP contribution in [0.4, 0.5) is 0 Å². The number of furan rings is 1. The monoisotopic (exact) mass is 449 g/mol. The molecule has 0 bridgehead atoms. The van der Waals surface area contributed by atoms with E-state index in [1.54, 1.807) is 0 Å². The number of fused-ring (bicyclic) bond motifs is 2. The molecule has 0 radical (unpaired) electrons. The average molecular weight is 450 g/mol. The summed E-state index contributed by atoms with van der Waals surface area (Å²) in [5.41, 5.74) is 0.855. The lowest BCUT2D eigenvalue weighted by atomic mass is 9.78. The number of carbonyl (C=O) groups excluding carboxylic acids is 2. The van der Waals surface area contributed by atoms with Gasteiger partial charge < -0.3 is 23.9 Å². The van der Waals surface area contributed by atoms with Crippen molar-refractivity contribution < 1.29 is 28.2 Å². The fraction of sp³-hybridized carbons (Fsp3) is 0.385. The molecule has 1 atom stereocenters. The van der Waals surface area contributed by atoms with Gasteiger partial charge in [0.25, 0.3) is 5.91 Å². The van der Waals surface area contributed by atoms with Gasteiger partial charge in [0, 0.05) is 5.39 Å². The minimum absolute atomic E-state index is 0.338. The molecule has 2 aromatic carbocycles. The topological polar surface area (TPSA) is 87.0 Å². The van der Waals surface area contributed by atoms with Gasteiger partial charge in [-0.3, -0.25) is 9.59 Å². The summed E-state index contributed by atoms with van der Waals surface area (Å²) >= 11 is 0. The van der Waals surface area contributed by atoms with E-state index in [9.17, 15) is 9.59 Å². The summed E-state index contributed by atoms with van der Waals surface area (Å²) in [7, 11) is 0. The Kier molecular flexibility index (Phi) is 5.70. The zero-order chi connectivity index (χ0) is 22.8. The molecule has 2 aliphatic rings. The van der Waals surface area contributed by atoms with E-state index in [2.05, 4.69) is 5.32 Å². The van der Waals surface area contributed by atoms with E-state index in [4.69, 9.17) is 18.6 Å². The lowest BCUT2D eigenvalue weighted by molar-refractivity contribution is -0.154. The van der Waals surface area contributed by atoms with Crippen LogP contribution in [-0.2, 0) is 19.7 Å². The van der Waals surface area contributed by atoms with Crippen LogP contribution in [0.3, 0.4) is 0 Å². The Morgan fingerprint density at radius 1 is 1.03 bits per heavy atom. The molecule has 1 amide bonds. The molecule has 1 saturated carbocycles. The van der Waals surface area contributed by atoms with Crippen LogP contribution in [-0.4, -0.2) is 31.7 Å². The highest BCUT2D eigenvalue weighted by atomic mass is 16.6. The molecule has 1 fully saturated rings. The second-order valence-corrected chi connectivity index (χ2v) is 8.70. The molecule has 0 saturated heterocycles. The molecule has 33 heavy (non-hydrogen) atoms. The summed E-state index contributed by atoms with van der Waals surface area (Å²) in [6.45, 7) is 2.50. The molecule has 2 heterocycles. The minimum atomic E-state index is -0.763. The summed E-state index contributed by atoms with van der Waals surface area (Å²) in [4.78, 5) is 25.7. The van der Waals surface area contributed by atoms with Crippen molar-refractivity contribution in [2.24, 2.45) is 0 Å². The molecule has 0 spiro atoms. The SMILES string of the molecule is CC(NC(=O)COC(=O)C1(c2ccc3c(c2)OCCO3)CCCC1)c1cc2ccccc2o1. The van der Waals surface area contributed by atoms with E-state index >= 15 is 0 Å². The van der Waals surface area contributed by atoms with Crippen LogP contribution in [0.1, 0.15) is 50.0 Å². The molecule has 172 valence electrons. The van der Waals surface area contributed by atoms with E-state index in [1.807, 2.05) is 55.5 Å². The fourth-order valence-electron chi connectivity index (χ4n) is 4.77. The van der Waals surface area contributed by atoms with E-state index in [0.717, 1.165) is 29.4 Å². The lowest BCUT2D eigenvalue weighted by Gasteiger charge is -2.29. The minimum Gasteiger partial charge on any atom is -0.486 e.